The van der Waals surface area contributed by atoms with Gasteiger partial charge in [0.1, 0.15) is 0 Å². The lowest BCUT2D eigenvalue weighted by atomic mass is 9.63. The van der Waals surface area contributed by atoms with Crippen molar-refractivity contribution in [1.82, 2.24) is 0 Å². The van der Waals surface area contributed by atoms with E-state index < -0.39 is 0 Å². The summed E-state index contributed by atoms with van der Waals surface area (Å²) in [6, 6.07) is 21.7. The number of thiophene rings is 2. The third kappa shape index (κ3) is 8.62. The molecule has 0 N–H and O–H groups in total. The van der Waals surface area contributed by atoms with Crippen LogP contribution in [0.4, 0.5) is 0 Å². The molecule has 2 aliphatic rings. The van der Waals surface area contributed by atoms with E-state index in [0.717, 1.165) is 30.1 Å². The van der Waals surface area contributed by atoms with Crippen molar-refractivity contribution in [3.63, 3.8) is 0 Å². The Balaban J connectivity index is 1.57. The van der Waals surface area contributed by atoms with Gasteiger partial charge >= 0.3 is 0 Å². The summed E-state index contributed by atoms with van der Waals surface area (Å²) >= 11 is 4.06. The van der Waals surface area contributed by atoms with Crippen molar-refractivity contribution in [3.8, 4) is 22.3 Å². The third-order valence-corrected chi connectivity index (χ3v) is 18.3. The molecule has 5 aromatic rings. The SMILES string of the molecule is CCCCC(CC)CC1(CC(CC)CCC)c2cc3c(cc2-c2cc4sc(CC)cc4cc21)C(CC(CC)CCCC)(CC(CC)CCCC)c1cc2cc(C)sc2cc1-3. The van der Waals surface area contributed by atoms with Gasteiger partial charge in [0.2, 0.25) is 0 Å². The van der Waals surface area contributed by atoms with Crippen LogP contribution in [0.1, 0.15) is 216 Å². The van der Waals surface area contributed by atoms with Crippen molar-refractivity contribution in [2.45, 2.75) is 208 Å². The Kier molecular flexibility index (Phi) is 15.2. The molecule has 2 aromatic heterocycles. The Bertz CT molecular complexity index is 2170. The van der Waals surface area contributed by atoms with Crippen molar-refractivity contribution >= 4 is 42.8 Å². The van der Waals surface area contributed by atoms with Gasteiger partial charge in [-0.05, 0) is 167 Å². The molecular formula is C58H82S2. The van der Waals surface area contributed by atoms with Crippen LogP contribution in [0.15, 0.2) is 48.5 Å². The highest BCUT2D eigenvalue weighted by Gasteiger charge is 2.50. The molecule has 0 saturated carbocycles. The predicted molar refractivity (Wildman–Crippen MR) is 271 cm³/mol. The van der Waals surface area contributed by atoms with Gasteiger partial charge in [-0.1, -0.05) is 159 Å². The molecule has 0 spiro atoms. The molecule has 5 atom stereocenters. The monoisotopic (exact) mass is 843 g/mol. The van der Waals surface area contributed by atoms with Crippen molar-refractivity contribution in [3.05, 3.63) is 80.5 Å². The number of rotatable bonds is 24. The minimum atomic E-state index is 0.0294. The Morgan fingerprint density at radius 3 is 1.20 bits per heavy atom. The number of benzene rings is 3. The Labute approximate surface area is 375 Å². The summed E-state index contributed by atoms with van der Waals surface area (Å²) in [5.41, 5.74) is 13.2. The second-order valence-electron chi connectivity index (χ2n) is 20.0. The molecule has 0 saturated heterocycles. The lowest BCUT2D eigenvalue weighted by Gasteiger charge is -2.40. The quantitative estimate of drug-likeness (QED) is 0.0581. The van der Waals surface area contributed by atoms with E-state index in [1.54, 1.807) is 44.5 Å². The lowest BCUT2D eigenvalue weighted by molar-refractivity contribution is 0.265. The van der Waals surface area contributed by atoms with E-state index in [0.29, 0.717) is 0 Å². The molecule has 0 aliphatic heterocycles. The molecule has 0 fully saturated rings. The topological polar surface area (TPSA) is 0 Å². The second kappa shape index (κ2) is 20.0. The van der Waals surface area contributed by atoms with Crippen LogP contribution in [0.3, 0.4) is 0 Å². The summed E-state index contributed by atoms with van der Waals surface area (Å²) < 4.78 is 2.97. The molecule has 5 unspecified atom stereocenters. The van der Waals surface area contributed by atoms with E-state index in [1.165, 1.54) is 152 Å². The fourth-order valence-electron chi connectivity index (χ4n) is 12.6. The maximum absolute atomic E-state index is 2.89. The van der Waals surface area contributed by atoms with E-state index >= 15 is 0 Å². The van der Waals surface area contributed by atoms with Crippen molar-refractivity contribution in [2.75, 3.05) is 0 Å². The molecule has 0 radical (unpaired) electrons. The zero-order chi connectivity index (χ0) is 42.6. The normalized spacial score (nSPS) is 20.0. The largest absolute Gasteiger partial charge is 0.141 e. The number of aryl methyl sites for hydroxylation is 2. The van der Waals surface area contributed by atoms with Gasteiger partial charge in [0.05, 0.1) is 0 Å². The fourth-order valence-corrected chi connectivity index (χ4v) is 14.6. The first-order valence-corrected chi connectivity index (χ1v) is 27.1. The molecule has 0 bridgehead atoms. The zero-order valence-corrected chi connectivity index (χ0v) is 41.5. The van der Waals surface area contributed by atoms with Gasteiger partial charge in [-0.3, -0.25) is 0 Å². The van der Waals surface area contributed by atoms with Crippen LogP contribution in [0.2, 0.25) is 0 Å². The van der Waals surface area contributed by atoms with Crippen LogP contribution in [0.5, 0.6) is 0 Å². The van der Waals surface area contributed by atoms with Gasteiger partial charge in [-0.15, -0.1) is 22.7 Å². The van der Waals surface area contributed by atoms with Gasteiger partial charge in [0, 0.05) is 30.0 Å². The highest BCUT2D eigenvalue weighted by atomic mass is 32.1. The van der Waals surface area contributed by atoms with Crippen molar-refractivity contribution < 1.29 is 0 Å². The van der Waals surface area contributed by atoms with Gasteiger partial charge in [-0.25, -0.2) is 0 Å². The minimum absolute atomic E-state index is 0.0294. The Morgan fingerprint density at radius 1 is 0.417 bits per heavy atom. The number of hydrogen-bond acceptors (Lipinski definition) is 2. The van der Waals surface area contributed by atoms with E-state index in [9.17, 15) is 0 Å². The van der Waals surface area contributed by atoms with Gasteiger partial charge in [0.25, 0.3) is 0 Å². The lowest BCUT2D eigenvalue weighted by Crippen LogP contribution is -2.32. The Hall–Kier alpha value is -2.42. The standard InChI is InChI=1S/C58H82S2/c1-11-20-24-41(16-6)36-57(35-40(15-5)23-14-4)52-30-45-28-46(19-9)60-56(45)34-50(52)48-32-54-47(31-53(48)57)49-33-55-44(27-39(10)59-55)29-51(49)58(54,37-42(17-7)25-21-12-2)38-43(18-8)26-22-13-3/h27-34,40-43H,11-26,35-38H2,1-10H3. The molecular weight excluding hydrogens is 761 g/mol. The summed E-state index contributed by atoms with van der Waals surface area (Å²) in [5.74, 6) is 2.91. The molecule has 3 aromatic carbocycles. The first-order chi connectivity index (χ1) is 29.1. The second-order valence-corrected chi connectivity index (χ2v) is 22.5. The van der Waals surface area contributed by atoms with Crippen LogP contribution in [0.25, 0.3) is 42.4 Å². The molecule has 60 heavy (non-hydrogen) atoms. The first-order valence-electron chi connectivity index (χ1n) is 25.5. The molecule has 2 heteroatoms. The van der Waals surface area contributed by atoms with Gasteiger partial charge < -0.3 is 0 Å². The van der Waals surface area contributed by atoms with Crippen LogP contribution in [-0.4, -0.2) is 0 Å². The number of fused-ring (bicyclic) bond motifs is 8. The summed E-state index contributed by atoms with van der Waals surface area (Å²) in [7, 11) is 0. The zero-order valence-electron chi connectivity index (χ0n) is 39.9. The van der Waals surface area contributed by atoms with Crippen molar-refractivity contribution in [2.24, 2.45) is 23.7 Å². The Morgan fingerprint density at radius 2 is 0.800 bits per heavy atom. The average molecular weight is 843 g/mol. The number of unbranched alkanes of at least 4 members (excludes halogenated alkanes) is 3. The highest BCUT2D eigenvalue weighted by Crippen LogP contribution is 2.63. The van der Waals surface area contributed by atoms with Crippen LogP contribution < -0.4 is 0 Å². The van der Waals surface area contributed by atoms with Crippen LogP contribution in [-0.2, 0) is 17.3 Å². The molecule has 0 nitrogen and oxygen atoms in total. The average Bonchev–Trinajstić information content (AvgIpc) is 3.98. The van der Waals surface area contributed by atoms with Gasteiger partial charge in [-0.2, -0.15) is 0 Å². The van der Waals surface area contributed by atoms with E-state index in [2.05, 4.69) is 129 Å². The molecule has 0 amide bonds. The summed E-state index contributed by atoms with van der Waals surface area (Å²) in [6.07, 6.45) is 25.9. The number of hydrogen-bond donors (Lipinski definition) is 0. The summed E-state index contributed by atoms with van der Waals surface area (Å²) in [4.78, 5) is 2.97. The first kappa shape index (κ1) is 45.6. The van der Waals surface area contributed by atoms with Crippen molar-refractivity contribution in [1.29, 1.82) is 0 Å². The van der Waals surface area contributed by atoms with E-state index in [1.807, 2.05) is 11.3 Å². The maximum atomic E-state index is 2.89. The highest BCUT2D eigenvalue weighted by molar-refractivity contribution is 7.19. The van der Waals surface area contributed by atoms with Crippen LogP contribution >= 0.6 is 22.7 Å². The smallest absolute Gasteiger partial charge is 0.0352 e. The maximum Gasteiger partial charge on any atom is 0.0352 e. The third-order valence-electron chi connectivity index (χ3n) is 16.1. The molecule has 2 aliphatic carbocycles. The fraction of sp³-hybridized carbons (Fsp3) is 0.621. The predicted octanol–water partition coefficient (Wildman–Crippen LogP) is 19.6. The molecule has 326 valence electrons. The van der Waals surface area contributed by atoms with E-state index in [-0.39, 0.29) is 10.8 Å². The summed E-state index contributed by atoms with van der Waals surface area (Å²) in [6.45, 7) is 24.3. The van der Waals surface area contributed by atoms with E-state index in [4.69, 9.17) is 0 Å². The molecule has 2 heterocycles. The molecule has 7 rings (SSSR count). The minimum Gasteiger partial charge on any atom is -0.141 e. The van der Waals surface area contributed by atoms with Crippen LogP contribution in [0, 0.1) is 30.6 Å². The summed E-state index contributed by atoms with van der Waals surface area (Å²) in [5, 5.41) is 2.96. The van der Waals surface area contributed by atoms with Gasteiger partial charge in [0.15, 0.2) is 0 Å².